The molecule has 2 rings (SSSR count). The van der Waals surface area contributed by atoms with Gasteiger partial charge in [-0.05, 0) is 6.92 Å². The summed E-state index contributed by atoms with van der Waals surface area (Å²) in [6.07, 6.45) is 0.658. The van der Waals surface area contributed by atoms with E-state index in [2.05, 4.69) is 0 Å². The Morgan fingerprint density at radius 1 is 1.12 bits per heavy atom. The van der Waals surface area contributed by atoms with Crippen LogP contribution in [0.5, 0.6) is 0 Å². The van der Waals surface area contributed by atoms with E-state index in [1.54, 1.807) is 4.90 Å². The third-order valence-corrected chi connectivity index (χ3v) is 2.74. The summed E-state index contributed by atoms with van der Waals surface area (Å²) in [5.74, 6) is 0.149. The van der Waals surface area contributed by atoms with Gasteiger partial charge in [-0.2, -0.15) is 0 Å². The quantitative estimate of drug-likeness (QED) is 0.569. The van der Waals surface area contributed by atoms with Crippen LogP contribution in [-0.2, 0) is 4.79 Å². The number of ketones is 1. The molecule has 1 aliphatic rings. The molecule has 0 saturated carbocycles. The maximum absolute atomic E-state index is 11.7. The van der Waals surface area contributed by atoms with Gasteiger partial charge in [0.05, 0.1) is 0 Å². The lowest BCUT2D eigenvalue weighted by Crippen LogP contribution is -2.12. The Kier molecular flexibility index (Phi) is 3.04. The Labute approximate surface area is 95.1 Å². The van der Waals surface area contributed by atoms with Gasteiger partial charge in [0.25, 0.3) is 0 Å². The molecule has 16 heavy (non-hydrogen) atoms. The molecule has 0 spiro atoms. The van der Waals surface area contributed by atoms with Crippen molar-refractivity contribution in [3.8, 4) is 0 Å². The summed E-state index contributed by atoms with van der Waals surface area (Å²) in [5.41, 5.74) is 1.83. The third-order valence-electron chi connectivity index (χ3n) is 2.74. The number of Topliss-reactive ketones (excluding diaryl/α,β-unsaturated/α-hetero) is 1. The molecule has 1 aromatic carbocycles. The van der Waals surface area contributed by atoms with Gasteiger partial charge in [0.15, 0.2) is 5.78 Å². The van der Waals surface area contributed by atoms with E-state index in [1.807, 2.05) is 31.2 Å². The van der Waals surface area contributed by atoms with Crippen molar-refractivity contribution >= 4 is 11.7 Å². The van der Waals surface area contributed by atoms with Crippen LogP contribution in [0.1, 0.15) is 28.8 Å². The van der Waals surface area contributed by atoms with Crippen LogP contribution in [0.3, 0.4) is 0 Å². The molecule has 0 aliphatic carbocycles. The minimum atomic E-state index is 0.0511. The van der Waals surface area contributed by atoms with Gasteiger partial charge in [-0.3, -0.25) is 9.59 Å². The van der Waals surface area contributed by atoms with Gasteiger partial charge >= 0.3 is 0 Å². The van der Waals surface area contributed by atoms with Crippen molar-refractivity contribution in [2.75, 3.05) is 13.1 Å². The van der Waals surface area contributed by atoms with E-state index in [0.29, 0.717) is 18.4 Å². The van der Waals surface area contributed by atoms with Crippen molar-refractivity contribution in [1.29, 1.82) is 0 Å². The molecular weight excluding hydrogens is 202 g/mol. The van der Waals surface area contributed by atoms with Crippen LogP contribution in [0.25, 0.3) is 0 Å². The van der Waals surface area contributed by atoms with E-state index in [4.69, 9.17) is 0 Å². The monoisotopic (exact) mass is 217 g/mol. The first kappa shape index (κ1) is 10.9. The van der Waals surface area contributed by atoms with Crippen LogP contribution < -0.4 is 0 Å². The van der Waals surface area contributed by atoms with Gasteiger partial charge in [-0.15, -0.1) is 0 Å². The number of aryl methyl sites for hydroxylation is 1. The van der Waals surface area contributed by atoms with Gasteiger partial charge < -0.3 is 4.90 Å². The molecule has 1 aromatic rings. The molecule has 1 heterocycles. The van der Waals surface area contributed by atoms with Gasteiger partial charge in [-0.1, -0.05) is 29.8 Å². The van der Waals surface area contributed by atoms with Crippen LogP contribution >= 0.6 is 0 Å². The lowest BCUT2D eigenvalue weighted by molar-refractivity contribution is -0.125. The van der Waals surface area contributed by atoms with Crippen molar-refractivity contribution in [3.05, 3.63) is 35.4 Å². The summed E-state index contributed by atoms with van der Waals surface area (Å²) in [5, 5.41) is 0. The van der Waals surface area contributed by atoms with Gasteiger partial charge in [0.2, 0.25) is 5.91 Å². The van der Waals surface area contributed by atoms with E-state index >= 15 is 0 Å². The minimum absolute atomic E-state index is 0.0511. The van der Waals surface area contributed by atoms with E-state index in [9.17, 15) is 9.59 Å². The smallest absolute Gasteiger partial charge is 0.223 e. The largest absolute Gasteiger partial charge is 0.339 e. The highest BCUT2D eigenvalue weighted by atomic mass is 16.2. The maximum Gasteiger partial charge on any atom is 0.223 e. The second kappa shape index (κ2) is 4.47. The average molecular weight is 217 g/mol. The fourth-order valence-corrected chi connectivity index (χ4v) is 1.56. The Morgan fingerprint density at radius 2 is 1.75 bits per heavy atom. The molecule has 3 heteroatoms. The molecule has 0 aromatic heterocycles. The number of hydrogen-bond donors (Lipinski definition) is 0. The van der Waals surface area contributed by atoms with Crippen LogP contribution in [0.4, 0.5) is 0 Å². The molecule has 0 radical (unpaired) electrons. The number of amides is 1. The molecule has 0 N–H and O–H groups in total. The first-order chi connectivity index (χ1) is 7.66. The summed E-state index contributed by atoms with van der Waals surface area (Å²) >= 11 is 0. The van der Waals surface area contributed by atoms with Crippen LogP contribution in [0, 0.1) is 6.92 Å². The highest BCUT2D eigenvalue weighted by Gasteiger charge is 2.23. The minimum Gasteiger partial charge on any atom is -0.339 e. The van der Waals surface area contributed by atoms with Crippen molar-refractivity contribution in [2.45, 2.75) is 19.8 Å². The molecule has 84 valence electrons. The molecule has 1 saturated heterocycles. The SMILES string of the molecule is Cc1ccc(C(=O)CCC(=O)N2CC2)cc1. The van der Waals surface area contributed by atoms with E-state index in [1.165, 1.54) is 0 Å². The predicted octanol–water partition coefficient (Wildman–Crippen LogP) is 1.80. The zero-order valence-electron chi connectivity index (χ0n) is 9.40. The first-order valence-electron chi connectivity index (χ1n) is 5.54. The summed E-state index contributed by atoms with van der Waals surface area (Å²) in [6.45, 7) is 3.70. The summed E-state index contributed by atoms with van der Waals surface area (Å²) < 4.78 is 0. The molecule has 3 nitrogen and oxygen atoms in total. The second-order valence-electron chi connectivity index (χ2n) is 4.17. The Hall–Kier alpha value is -1.64. The zero-order valence-corrected chi connectivity index (χ0v) is 9.40. The fraction of sp³-hybridized carbons (Fsp3) is 0.385. The van der Waals surface area contributed by atoms with Crippen LogP contribution in [-0.4, -0.2) is 29.7 Å². The molecule has 1 fully saturated rings. The molecule has 0 bridgehead atoms. The van der Waals surface area contributed by atoms with E-state index < -0.39 is 0 Å². The van der Waals surface area contributed by atoms with E-state index in [0.717, 1.165) is 18.7 Å². The predicted molar refractivity (Wildman–Crippen MR) is 61.3 cm³/mol. The fourth-order valence-electron chi connectivity index (χ4n) is 1.56. The van der Waals surface area contributed by atoms with Crippen LogP contribution in [0.15, 0.2) is 24.3 Å². The van der Waals surface area contributed by atoms with Gasteiger partial charge in [0.1, 0.15) is 0 Å². The highest BCUT2D eigenvalue weighted by molar-refractivity contribution is 5.98. The third kappa shape index (κ3) is 2.69. The van der Waals surface area contributed by atoms with E-state index in [-0.39, 0.29) is 11.7 Å². The average Bonchev–Trinajstić information content (AvgIpc) is 3.10. The zero-order chi connectivity index (χ0) is 11.5. The van der Waals surface area contributed by atoms with Crippen molar-refractivity contribution in [1.82, 2.24) is 4.90 Å². The lowest BCUT2D eigenvalue weighted by atomic mass is 10.1. The van der Waals surface area contributed by atoms with Gasteiger partial charge in [0, 0.05) is 31.5 Å². The Bertz CT molecular complexity index is 404. The number of carbonyl (C=O) groups excluding carboxylic acids is 2. The number of carbonyl (C=O) groups is 2. The van der Waals surface area contributed by atoms with Crippen LogP contribution in [0.2, 0.25) is 0 Å². The molecule has 0 unspecified atom stereocenters. The van der Waals surface area contributed by atoms with Crippen molar-refractivity contribution < 1.29 is 9.59 Å². The molecule has 1 amide bonds. The number of rotatable bonds is 4. The number of nitrogens with zero attached hydrogens (tertiary/aromatic N) is 1. The normalized spacial score (nSPS) is 13.7. The van der Waals surface area contributed by atoms with Gasteiger partial charge in [-0.25, -0.2) is 0 Å². The first-order valence-corrected chi connectivity index (χ1v) is 5.54. The van der Waals surface area contributed by atoms with Crippen molar-refractivity contribution in [3.63, 3.8) is 0 Å². The van der Waals surface area contributed by atoms with Crippen molar-refractivity contribution in [2.24, 2.45) is 0 Å². The maximum atomic E-state index is 11.7. The Balaban J connectivity index is 1.87. The number of benzene rings is 1. The molecular formula is C13H15NO2. The molecule has 0 atom stereocenters. The summed E-state index contributed by atoms with van der Waals surface area (Å²) in [6, 6.07) is 7.47. The standard InChI is InChI=1S/C13H15NO2/c1-10-2-4-11(5-3-10)12(15)6-7-13(16)14-8-9-14/h2-5H,6-9H2,1H3. The lowest BCUT2D eigenvalue weighted by Gasteiger charge is -2.02. The summed E-state index contributed by atoms with van der Waals surface area (Å²) in [4.78, 5) is 24.9. The Morgan fingerprint density at radius 3 is 2.31 bits per heavy atom. The highest BCUT2D eigenvalue weighted by Crippen LogP contribution is 2.11. The number of hydrogen-bond acceptors (Lipinski definition) is 2. The topological polar surface area (TPSA) is 37.1 Å². The molecule has 1 aliphatic heterocycles. The summed E-state index contributed by atoms with van der Waals surface area (Å²) in [7, 11) is 0. The second-order valence-corrected chi connectivity index (χ2v) is 4.17.